The van der Waals surface area contributed by atoms with Crippen molar-refractivity contribution in [2.24, 2.45) is 0 Å². The summed E-state index contributed by atoms with van der Waals surface area (Å²) in [4.78, 5) is 23.6. The van der Waals surface area contributed by atoms with E-state index >= 15 is 0 Å². The smallest absolute Gasteiger partial charge is 0.327 e. The summed E-state index contributed by atoms with van der Waals surface area (Å²) in [7, 11) is 0. The summed E-state index contributed by atoms with van der Waals surface area (Å²) in [6, 6.07) is -0.768. The number of nitrogens with zero attached hydrogens (tertiary/aromatic N) is 1. The molecule has 82 valence electrons. The monoisotopic (exact) mass is 227 g/mol. The Morgan fingerprint density at radius 3 is 2.80 bits per heavy atom. The minimum atomic E-state index is -0.982. The second kappa shape index (κ2) is 5.08. The van der Waals surface area contributed by atoms with Gasteiger partial charge in [-0.2, -0.15) is 0 Å². The van der Waals surface area contributed by atoms with Crippen molar-refractivity contribution in [1.82, 2.24) is 4.90 Å². The van der Waals surface area contributed by atoms with Crippen LogP contribution in [0.2, 0.25) is 0 Å². The van der Waals surface area contributed by atoms with Gasteiger partial charge in [-0.05, 0) is 12.3 Å². The molecule has 1 aliphatic heterocycles. The lowest BCUT2D eigenvalue weighted by molar-refractivity contribution is -0.147. The summed E-state index contributed by atoms with van der Waals surface area (Å²) < 4.78 is 0. The van der Waals surface area contributed by atoms with Crippen LogP contribution >= 0.6 is 11.8 Å². The minimum absolute atomic E-state index is 0.0837. The summed E-state index contributed by atoms with van der Waals surface area (Å²) in [6.45, 7) is 1.99. The molecule has 1 amide bonds. The van der Waals surface area contributed by atoms with E-state index in [1.165, 1.54) is 16.7 Å². The van der Waals surface area contributed by atoms with Gasteiger partial charge in [-0.25, -0.2) is 4.79 Å². The van der Waals surface area contributed by atoms with Gasteiger partial charge in [-0.15, -0.1) is 18.2 Å². The average Bonchev–Trinajstić information content (AvgIpc) is 2.61. The maximum absolute atomic E-state index is 11.4. The number of carboxylic acids is 1. The third kappa shape index (κ3) is 2.45. The second-order valence-corrected chi connectivity index (χ2v) is 4.50. The number of carbonyl (C=O) groups excluding carboxylic acids is 1. The molecule has 0 radical (unpaired) electrons. The summed E-state index contributed by atoms with van der Waals surface area (Å²) >= 11 is 1.48. The normalized spacial score (nSPS) is 24.9. The van der Waals surface area contributed by atoms with Crippen LogP contribution < -0.4 is 0 Å². The van der Waals surface area contributed by atoms with Crippen molar-refractivity contribution in [3.63, 3.8) is 0 Å². The highest BCUT2D eigenvalue weighted by Crippen LogP contribution is 2.32. The summed E-state index contributed by atoms with van der Waals surface area (Å²) in [6.07, 6.45) is 6.71. The van der Waals surface area contributed by atoms with E-state index in [2.05, 4.69) is 0 Å². The number of carbonyl (C=O) groups is 2. The molecule has 1 fully saturated rings. The first-order valence-corrected chi connectivity index (χ1v) is 5.80. The maximum atomic E-state index is 11.4. The molecular weight excluding hydrogens is 214 g/mol. The van der Waals surface area contributed by atoms with Crippen LogP contribution in [0.5, 0.6) is 0 Å². The van der Waals surface area contributed by atoms with E-state index in [4.69, 9.17) is 11.5 Å². The first-order chi connectivity index (χ1) is 7.11. The van der Waals surface area contributed by atoms with Crippen molar-refractivity contribution in [2.75, 3.05) is 5.75 Å². The molecule has 0 bridgehead atoms. The zero-order chi connectivity index (χ0) is 11.4. The third-order valence-electron chi connectivity index (χ3n) is 2.27. The standard InChI is InChI=1S/C10H13NO3S/c1-3-5-9-11(8(12)4-2)7(6-15-9)10(13)14/h2,7,9H,3,5-6H2,1H3,(H,13,14). The first-order valence-electron chi connectivity index (χ1n) is 4.75. The summed E-state index contributed by atoms with van der Waals surface area (Å²) in [5.74, 6) is 0.910. The van der Waals surface area contributed by atoms with Crippen molar-refractivity contribution in [1.29, 1.82) is 0 Å². The zero-order valence-corrected chi connectivity index (χ0v) is 9.29. The maximum Gasteiger partial charge on any atom is 0.327 e. The molecule has 1 N–H and O–H groups in total. The van der Waals surface area contributed by atoms with Gasteiger partial charge in [0, 0.05) is 5.75 Å². The molecule has 0 aromatic carbocycles. The Labute approximate surface area is 93.0 Å². The fourth-order valence-corrected chi connectivity index (χ4v) is 3.08. The number of hydrogen-bond acceptors (Lipinski definition) is 3. The van der Waals surface area contributed by atoms with E-state index in [-0.39, 0.29) is 5.37 Å². The van der Waals surface area contributed by atoms with E-state index in [1.807, 2.05) is 12.8 Å². The number of terminal acetylenes is 1. The second-order valence-electron chi connectivity index (χ2n) is 3.29. The van der Waals surface area contributed by atoms with Crippen molar-refractivity contribution >= 4 is 23.6 Å². The van der Waals surface area contributed by atoms with E-state index in [9.17, 15) is 9.59 Å². The highest BCUT2D eigenvalue weighted by molar-refractivity contribution is 8.00. The highest BCUT2D eigenvalue weighted by atomic mass is 32.2. The number of hydrogen-bond donors (Lipinski definition) is 1. The molecular formula is C10H13NO3S. The molecule has 5 heteroatoms. The largest absolute Gasteiger partial charge is 0.480 e. The van der Waals surface area contributed by atoms with Crippen LogP contribution in [0.15, 0.2) is 0 Å². The topological polar surface area (TPSA) is 57.6 Å². The van der Waals surface area contributed by atoms with Crippen LogP contribution in [-0.4, -0.2) is 39.1 Å². The molecule has 0 aromatic rings. The molecule has 1 saturated heterocycles. The quantitative estimate of drug-likeness (QED) is 0.724. The highest BCUT2D eigenvalue weighted by Gasteiger charge is 2.40. The number of amides is 1. The van der Waals surface area contributed by atoms with E-state index in [1.54, 1.807) is 0 Å². The molecule has 2 unspecified atom stereocenters. The lowest BCUT2D eigenvalue weighted by atomic mass is 10.2. The predicted octanol–water partition coefficient (Wildman–Crippen LogP) is 0.774. The van der Waals surface area contributed by atoms with Gasteiger partial charge in [-0.1, -0.05) is 13.3 Å². The number of thioether (sulfide) groups is 1. The van der Waals surface area contributed by atoms with Gasteiger partial charge in [0.2, 0.25) is 0 Å². The summed E-state index contributed by atoms with van der Waals surface area (Å²) in [5, 5.41) is 8.85. The zero-order valence-electron chi connectivity index (χ0n) is 8.47. The van der Waals surface area contributed by atoms with Gasteiger partial charge in [0.15, 0.2) is 0 Å². The number of aliphatic carboxylic acids is 1. The van der Waals surface area contributed by atoms with Crippen LogP contribution in [-0.2, 0) is 9.59 Å². The molecule has 1 heterocycles. The predicted molar refractivity (Wildman–Crippen MR) is 58.3 cm³/mol. The Kier molecular flexibility index (Phi) is 4.04. The molecule has 15 heavy (non-hydrogen) atoms. The van der Waals surface area contributed by atoms with Gasteiger partial charge in [0.05, 0.1) is 5.37 Å². The molecule has 2 atom stereocenters. The Morgan fingerprint density at radius 1 is 1.67 bits per heavy atom. The Bertz CT molecular complexity index is 310. The van der Waals surface area contributed by atoms with Gasteiger partial charge >= 0.3 is 5.97 Å². The number of rotatable bonds is 3. The van der Waals surface area contributed by atoms with Crippen molar-refractivity contribution in [3.8, 4) is 12.3 Å². The van der Waals surface area contributed by atoms with E-state index in [0.717, 1.165) is 12.8 Å². The third-order valence-corrected chi connectivity index (χ3v) is 3.63. The lowest BCUT2D eigenvalue weighted by Gasteiger charge is -2.24. The van der Waals surface area contributed by atoms with E-state index in [0.29, 0.717) is 5.75 Å². The SMILES string of the molecule is C#CC(=O)N1C(CCC)SCC1C(=O)O. The molecule has 1 aliphatic rings. The van der Waals surface area contributed by atoms with Crippen LogP contribution in [0.1, 0.15) is 19.8 Å². The number of carboxylic acid groups (broad SMARTS) is 1. The molecule has 0 aromatic heterocycles. The van der Waals surface area contributed by atoms with Gasteiger partial charge in [0.1, 0.15) is 6.04 Å². The minimum Gasteiger partial charge on any atom is -0.480 e. The summed E-state index contributed by atoms with van der Waals surface area (Å²) in [5.41, 5.74) is 0. The van der Waals surface area contributed by atoms with Crippen molar-refractivity contribution < 1.29 is 14.7 Å². The average molecular weight is 227 g/mol. The molecule has 0 aliphatic carbocycles. The Hall–Kier alpha value is -1.15. The van der Waals surface area contributed by atoms with Crippen LogP contribution in [0.4, 0.5) is 0 Å². The van der Waals surface area contributed by atoms with Gasteiger partial charge in [-0.3, -0.25) is 4.79 Å². The van der Waals surface area contributed by atoms with Gasteiger partial charge < -0.3 is 10.0 Å². The van der Waals surface area contributed by atoms with Gasteiger partial charge in [0.25, 0.3) is 5.91 Å². The molecule has 4 nitrogen and oxygen atoms in total. The fourth-order valence-electron chi connectivity index (χ4n) is 1.57. The molecule has 0 saturated carbocycles. The molecule has 0 spiro atoms. The lowest BCUT2D eigenvalue weighted by Crippen LogP contribution is -2.45. The van der Waals surface area contributed by atoms with Crippen LogP contribution in [0.25, 0.3) is 0 Å². The van der Waals surface area contributed by atoms with E-state index < -0.39 is 17.9 Å². The van der Waals surface area contributed by atoms with Crippen LogP contribution in [0, 0.1) is 12.3 Å². The van der Waals surface area contributed by atoms with Crippen molar-refractivity contribution in [2.45, 2.75) is 31.2 Å². The fraction of sp³-hybridized carbons (Fsp3) is 0.600. The van der Waals surface area contributed by atoms with Crippen molar-refractivity contribution in [3.05, 3.63) is 0 Å². The Balaban J connectivity index is 2.83. The first kappa shape index (κ1) is 11.9. The van der Waals surface area contributed by atoms with Crippen LogP contribution in [0.3, 0.4) is 0 Å². The Morgan fingerprint density at radius 2 is 2.33 bits per heavy atom. The molecule has 1 rings (SSSR count).